The van der Waals surface area contributed by atoms with Gasteiger partial charge in [0.25, 0.3) is 0 Å². The SMILES string of the molecule is CC(C)(C)OC(=O)C1CCOC1c1ccc(Cl)cc1. The Morgan fingerprint density at radius 1 is 1.32 bits per heavy atom. The van der Waals surface area contributed by atoms with Crippen molar-refractivity contribution >= 4 is 17.6 Å². The van der Waals surface area contributed by atoms with Crippen LogP contribution in [-0.2, 0) is 14.3 Å². The largest absolute Gasteiger partial charge is 0.460 e. The molecule has 0 bridgehead atoms. The molecule has 2 rings (SSSR count). The van der Waals surface area contributed by atoms with Crippen LogP contribution in [0, 0.1) is 5.92 Å². The lowest BCUT2D eigenvalue weighted by atomic mass is 9.95. The molecule has 0 amide bonds. The van der Waals surface area contributed by atoms with Crippen molar-refractivity contribution < 1.29 is 14.3 Å². The van der Waals surface area contributed by atoms with Crippen LogP contribution >= 0.6 is 11.6 Å². The zero-order chi connectivity index (χ0) is 14.0. The first-order chi connectivity index (χ1) is 8.87. The van der Waals surface area contributed by atoms with Gasteiger partial charge in [0.1, 0.15) is 5.60 Å². The molecule has 1 aromatic carbocycles. The van der Waals surface area contributed by atoms with Crippen LogP contribution in [0.2, 0.25) is 5.02 Å². The third-order valence-corrected chi connectivity index (χ3v) is 3.25. The van der Waals surface area contributed by atoms with E-state index in [2.05, 4.69) is 0 Å². The van der Waals surface area contributed by atoms with E-state index in [-0.39, 0.29) is 18.0 Å². The summed E-state index contributed by atoms with van der Waals surface area (Å²) in [6.07, 6.45) is 0.467. The molecule has 1 aliphatic rings. The van der Waals surface area contributed by atoms with E-state index in [1.807, 2.05) is 45.0 Å². The average Bonchev–Trinajstić information content (AvgIpc) is 2.76. The maximum Gasteiger partial charge on any atom is 0.312 e. The summed E-state index contributed by atoms with van der Waals surface area (Å²) in [7, 11) is 0. The highest BCUT2D eigenvalue weighted by molar-refractivity contribution is 6.30. The van der Waals surface area contributed by atoms with E-state index in [0.717, 1.165) is 5.56 Å². The van der Waals surface area contributed by atoms with Crippen molar-refractivity contribution in [1.29, 1.82) is 0 Å². The van der Waals surface area contributed by atoms with Crippen LogP contribution < -0.4 is 0 Å². The predicted molar refractivity (Wildman–Crippen MR) is 74.1 cm³/mol. The number of hydrogen-bond donors (Lipinski definition) is 0. The molecule has 0 N–H and O–H groups in total. The maximum absolute atomic E-state index is 12.2. The van der Waals surface area contributed by atoms with Crippen molar-refractivity contribution in [3.63, 3.8) is 0 Å². The molecule has 1 fully saturated rings. The molecule has 1 aliphatic heterocycles. The van der Waals surface area contributed by atoms with Crippen molar-refractivity contribution in [2.45, 2.75) is 38.9 Å². The van der Waals surface area contributed by atoms with Crippen molar-refractivity contribution in [2.24, 2.45) is 5.92 Å². The number of benzene rings is 1. The normalized spacial score (nSPS) is 23.4. The molecule has 0 radical (unpaired) electrons. The number of carbonyl (C=O) groups is 1. The summed E-state index contributed by atoms with van der Waals surface area (Å²) in [4.78, 5) is 12.2. The van der Waals surface area contributed by atoms with E-state index >= 15 is 0 Å². The van der Waals surface area contributed by atoms with Crippen molar-refractivity contribution in [1.82, 2.24) is 0 Å². The lowest BCUT2D eigenvalue weighted by Gasteiger charge is -2.24. The number of halogens is 1. The first kappa shape index (κ1) is 14.4. The molecule has 0 saturated carbocycles. The molecule has 2 atom stereocenters. The zero-order valence-corrected chi connectivity index (χ0v) is 12.2. The Balaban J connectivity index is 2.12. The molecule has 0 aliphatic carbocycles. The molecule has 1 heterocycles. The molecule has 1 saturated heterocycles. The van der Waals surface area contributed by atoms with Gasteiger partial charge in [-0.15, -0.1) is 0 Å². The van der Waals surface area contributed by atoms with Gasteiger partial charge >= 0.3 is 5.97 Å². The van der Waals surface area contributed by atoms with Crippen LogP contribution in [0.3, 0.4) is 0 Å². The highest BCUT2D eigenvalue weighted by atomic mass is 35.5. The quantitative estimate of drug-likeness (QED) is 0.775. The third kappa shape index (κ3) is 3.71. The average molecular weight is 283 g/mol. The Labute approximate surface area is 118 Å². The van der Waals surface area contributed by atoms with Gasteiger partial charge in [0.15, 0.2) is 0 Å². The second-order valence-corrected chi connectivity index (χ2v) is 6.21. The fraction of sp³-hybridized carbons (Fsp3) is 0.533. The van der Waals surface area contributed by atoms with Crippen molar-refractivity contribution in [3.05, 3.63) is 34.9 Å². The number of rotatable bonds is 2. The summed E-state index contributed by atoms with van der Waals surface area (Å²) in [5.74, 6) is -0.426. The minimum Gasteiger partial charge on any atom is -0.460 e. The van der Waals surface area contributed by atoms with Gasteiger partial charge in [-0.25, -0.2) is 0 Å². The van der Waals surface area contributed by atoms with Gasteiger partial charge in [-0.3, -0.25) is 4.79 Å². The first-order valence-electron chi connectivity index (χ1n) is 6.47. The Morgan fingerprint density at radius 3 is 2.53 bits per heavy atom. The smallest absolute Gasteiger partial charge is 0.312 e. The van der Waals surface area contributed by atoms with Crippen LogP contribution in [0.4, 0.5) is 0 Å². The van der Waals surface area contributed by atoms with E-state index < -0.39 is 5.60 Å². The Morgan fingerprint density at radius 2 is 1.95 bits per heavy atom. The summed E-state index contributed by atoms with van der Waals surface area (Å²) in [5, 5.41) is 0.676. The molecule has 19 heavy (non-hydrogen) atoms. The molecule has 104 valence electrons. The highest BCUT2D eigenvalue weighted by Gasteiger charge is 2.37. The standard InChI is InChI=1S/C15H19ClO3/c1-15(2,3)19-14(17)12-8-9-18-13(12)10-4-6-11(16)7-5-10/h4-7,12-13H,8-9H2,1-3H3. The Hall–Kier alpha value is -1.06. The molecule has 4 heteroatoms. The zero-order valence-electron chi connectivity index (χ0n) is 11.5. The molecule has 2 unspecified atom stereocenters. The van der Waals surface area contributed by atoms with Crippen LogP contribution in [0.25, 0.3) is 0 Å². The fourth-order valence-corrected chi connectivity index (χ4v) is 2.32. The highest BCUT2D eigenvalue weighted by Crippen LogP contribution is 2.36. The van der Waals surface area contributed by atoms with Crippen LogP contribution in [0.1, 0.15) is 38.9 Å². The van der Waals surface area contributed by atoms with Gasteiger partial charge in [0.2, 0.25) is 0 Å². The Kier molecular flexibility index (Phi) is 4.16. The molecule has 0 spiro atoms. The van der Waals surface area contributed by atoms with Crippen LogP contribution in [0.15, 0.2) is 24.3 Å². The maximum atomic E-state index is 12.2. The van der Waals surface area contributed by atoms with Gasteiger partial charge < -0.3 is 9.47 Å². The summed E-state index contributed by atoms with van der Waals surface area (Å²) in [5.41, 5.74) is 0.502. The van der Waals surface area contributed by atoms with Gasteiger partial charge in [0.05, 0.1) is 12.0 Å². The van der Waals surface area contributed by atoms with Gasteiger partial charge in [-0.05, 0) is 44.9 Å². The van der Waals surface area contributed by atoms with E-state index in [4.69, 9.17) is 21.1 Å². The van der Waals surface area contributed by atoms with E-state index in [0.29, 0.717) is 18.1 Å². The molecular weight excluding hydrogens is 264 g/mol. The van der Waals surface area contributed by atoms with Gasteiger partial charge in [0, 0.05) is 11.6 Å². The third-order valence-electron chi connectivity index (χ3n) is 3.00. The summed E-state index contributed by atoms with van der Waals surface area (Å²) >= 11 is 5.87. The summed E-state index contributed by atoms with van der Waals surface area (Å²) in [6.45, 7) is 6.20. The Bertz CT molecular complexity index is 447. The fourth-order valence-electron chi connectivity index (χ4n) is 2.19. The number of ether oxygens (including phenoxy) is 2. The van der Waals surface area contributed by atoms with Crippen LogP contribution in [-0.4, -0.2) is 18.2 Å². The molecule has 3 nitrogen and oxygen atoms in total. The predicted octanol–water partition coefficient (Wildman–Crippen LogP) is 3.76. The number of hydrogen-bond acceptors (Lipinski definition) is 3. The van der Waals surface area contributed by atoms with Crippen molar-refractivity contribution in [2.75, 3.05) is 6.61 Å². The molecule has 1 aromatic rings. The topological polar surface area (TPSA) is 35.5 Å². The van der Waals surface area contributed by atoms with E-state index in [9.17, 15) is 4.79 Å². The second kappa shape index (κ2) is 5.51. The van der Waals surface area contributed by atoms with Gasteiger partial charge in [-0.2, -0.15) is 0 Å². The lowest BCUT2D eigenvalue weighted by molar-refractivity contribution is -0.162. The van der Waals surface area contributed by atoms with Gasteiger partial charge in [-0.1, -0.05) is 23.7 Å². The summed E-state index contributed by atoms with van der Waals surface area (Å²) in [6, 6.07) is 7.42. The molecule has 0 aromatic heterocycles. The van der Waals surface area contributed by atoms with Crippen molar-refractivity contribution in [3.8, 4) is 0 Å². The second-order valence-electron chi connectivity index (χ2n) is 5.77. The number of carbonyl (C=O) groups excluding carboxylic acids is 1. The van der Waals surface area contributed by atoms with Crippen LogP contribution in [0.5, 0.6) is 0 Å². The molecular formula is C15H19ClO3. The summed E-state index contributed by atoms with van der Waals surface area (Å²) < 4.78 is 11.1. The first-order valence-corrected chi connectivity index (χ1v) is 6.84. The van der Waals surface area contributed by atoms with E-state index in [1.54, 1.807) is 0 Å². The lowest BCUT2D eigenvalue weighted by Crippen LogP contribution is -2.30. The van der Waals surface area contributed by atoms with E-state index in [1.165, 1.54) is 0 Å². The number of esters is 1. The minimum atomic E-state index is -0.468. The minimum absolute atomic E-state index is 0.190. The monoisotopic (exact) mass is 282 g/mol.